The van der Waals surface area contributed by atoms with Crippen molar-refractivity contribution in [3.05, 3.63) is 42.0 Å². The lowest BCUT2D eigenvalue weighted by molar-refractivity contribution is 0.0931. The molecule has 1 saturated heterocycles. The fourth-order valence-electron chi connectivity index (χ4n) is 3.06. The predicted octanol–water partition coefficient (Wildman–Crippen LogP) is 3.09. The van der Waals surface area contributed by atoms with Gasteiger partial charge in [0.15, 0.2) is 0 Å². The first-order valence-electron chi connectivity index (χ1n) is 7.38. The van der Waals surface area contributed by atoms with Crippen LogP contribution in [0.15, 0.2) is 36.4 Å². The highest BCUT2D eigenvalue weighted by Gasteiger charge is 2.23. The molecule has 1 heterocycles. The highest BCUT2D eigenvalue weighted by Crippen LogP contribution is 2.32. The number of ether oxygens (including phenoxy) is 1. The van der Waals surface area contributed by atoms with Gasteiger partial charge in [-0.2, -0.15) is 0 Å². The molecule has 2 N–H and O–H groups in total. The highest BCUT2D eigenvalue weighted by molar-refractivity contribution is 7.80. The van der Waals surface area contributed by atoms with E-state index in [-0.39, 0.29) is 0 Å². The molecule has 2 aromatic rings. The van der Waals surface area contributed by atoms with Crippen LogP contribution in [0, 0.1) is 0 Å². The first kappa shape index (κ1) is 14.3. The largest absolute Gasteiger partial charge is 0.389 e. The van der Waals surface area contributed by atoms with Gasteiger partial charge in [-0.05, 0) is 23.9 Å². The Morgan fingerprint density at radius 2 is 2.05 bits per heavy atom. The molecule has 3 rings (SSSR count). The van der Waals surface area contributed by atoms with Crippen molar-refractivity contribution >= 4 is 33.7 Å². The van der Waals surface area contributed by atoms with Gasteiger partial charge in [-0.1, -0.05) is 43.4 Å². The van der Waals surface area contributed by atoms with E-state index in [4.69, 9.17) is 22.7 Å². The Balaban J connectivity index is 2.15. The summed E-state index contributed by atoms with van der Waals surface area (Å²) in [6.45, 7) is 4.70. The Bertz CT molecular complexity index is 671. The molecule has 1 aliphatic rings. The van der Waals surface area contributed by atoms with E-state index in [1.54, 1.807) is 0 Å². The fourth-order valence-corrected chi connectivity index (χ4v) is 3.24. The predicted molar refractivity (Wildman–Crippen MR) is 92.1 cm³/mol. The number of morpholine rings is 1. The van der Waals surface area contributed by atoms with Gasteiger partial charge in [-0.25, -0.2) is 0 Å². The average Bonchev–Trinajstić information content (AvgIpc) is 2.53. The Kier molecular flexibility index (Phi) is 4.08. The molecule has 1 atom stereocenters. The van der Waals surface area contributed by atoms with Crippen molar-refractivity contribution in [1.82, 2.24) is 0 Å². The summed E-state index contributed by atoms with van der Waals surface area (Å²) in [5.74, 6) is 0. The van der Waals surface area contributed by atoms with E-state index in [1.807, 2.05) is 12.1 Å². The molecule has 0 saturated carbocycles. The molecule has 0 aliphatic carbocycles. The first-order chi connectivity index (χ1) is 10.2. The minimum atomic E-state index is 0.429. The molecule has 21 heavy (non-hydrogen) atoms. The summed E-state index contributed by atoms with van der Waals surface area (Å²) in [6.07, 6.45) is 1.07. The maximum absolute atomic E-state index is 5.86. The third kappa shape index (κ3) is 2.61. The maximum atomic E-state index is 5.86. The quantitative estimate of drug-likeness (QED) is 0.884. The van der Waals surface area contributed by atoms with E-state index in [9.17, 15) is 0 Å². The van der Waals surface area contributed by atoms with Gasteiger partial charge in [0.2, 0.25) is 0 Å². The van der Waals surface area contributed by atoms with Crippen molar-refractivity contribution in [3.8, 4) is 0 Å². The second-order valence-corrected chi connectivity index (χ2v) is 5.81. The number of hydrogen-bond acceptors (Lipinski definition) is 3. The van der Waals surface area contributed by atoms with Crippen molar-refractivity contribution < 1.29 is 4.74 Å². The SMILES string of the molecule is CCC1COCCN1c1ccc(C(N)=S)c2ccccc12. The van der Waals surface area contributed by atoms with E-state index >= 15 is 0 Å². The summed E-state index contributed by atoms with van der Waals surface area (Å²) in [5, 5.41) is 2.34. The summed E-state index contributed by atoms with van der Waals surface area (Å²) in [5.41, 5.74) is 8.06. The van der Waals surface area contributed by atoms with Crippen LogP contribution >= 0.6 is 12.2 Å². The van der Waals surface area contributed by atoms with Crippen LogP contribution in [0.4, 0.5) is 5.69 Å². The van der Waals surface area contributed by atoms with Gasteiger partial charge >= 0.3 is 0 Å². The summed E-state index contributed by atoms with van der Waals surface area (Å²) >= 11 is 5.18. The van der Waals surface area contributed by atoms with Gasteiger partial charge in [-0.3, -0.25) is 0 Å². The number of nitrogens with zero attached hydrogens (tertiary/aromatic N) is 1. The highest BCUT2D eigenvalue weighted by atomic mass is 32.1. The number of hydrogen-bond donors (Lipinski definition) is 1. The number of rotatable bonds is 3. The van der Waals surface area contributed by atoms with E-state index in [1.165, 1.54) is 11.1 Å². The molecule has 1 aliphatic heterocycles. The standard InChI is InChI=1S/C17H20N2OS/c1-2-12-11-20-10-9-19(12)16-8-7-15(17(18)21)13-5-3-4-6-14(13)16/h3-8,12H,2,9-11H2,1H3,(H2,18,21). The smallest absolute Gasteiger partial charge is 0.104 e. The number of thiocarbonyl (C=S) groups is 1. The van der Waals surface area contributed by atoms with Crippen LogP contribution in [0.3, 0.4) is 0 Å². The Hall–Kier alpha value is -1.65. The van der Waals surface area contributed by atoms with Gasteiger partial charge in [0.25, 0.3) is 0 Å². The van der Waals surface area contributed by atoms with Crippen LogP contribution in [0.25, 0.3) is 10.8 Å². The number of nitrogens with two attached hydrogens (primary N) is 1. The zero-order valence-corrected chi connectivity index (χ0v) is 13.0. The lowest BCUT2D eigenvalue weighted by Crippen LogP contribution is -2.45. The van der Waals surface area contributed by atoms with Crippen molar-refractivity contribution in [1.29, 1.82) is 0 Å². The van der Waals surface area contributed by atoms with Crippen molar-refractivity contribution in [2.45, 2.75) is 19.4 Å². The van der Waals surface area contributed by atoms with Crippen LogP contribution in [-0.4, -0.2) is 30.8 Å². The van der Waals surface area contributed by atoms with E-state index in [0.29, 0.717) is 11.0 Å². The molecule has 0 spiro atoms. The minimum absolute atomic E-state index is 0.429. The summed E-state index contributed by atoms with van der Waals surface area (Å²) in [6, 6.07) is 13.0. The van der Waals surface area contributed by atoms with Crippen molar-refractivity contribution in [2.24, 2.45) is 5.73 Å². The summed E-state index contributed by atoms with van der Waals surface area (Å²) < 4.78 is 5.62. The van der Waals surface area contributed by atoms with Gasteiger partial charge in [-0.15, -0.1) is 0 Å². The summed E-state index contributed by atoms with van der Waals surface area (Å²) in [7, 11) is 0. The monoisotopic (exact) mass is 300 g/mol. The summed E-state index contributed by atoms with van der Waals surface area (Å²) in [4.78, 5) is 2.90. The van der Waals surface area contributed by atoms with Crippen LogP contribution in [0.1, 0.15) is 18.9 Å². The Morgan fingerprint density at radius 1 is 1.29 bits per heavy atom. The van der Waals surface area contributed by atoms with Crippen LogP contribution in [0.5, 0.6) is 0 Å². The van der Waals surface area contributed by atoms with Crippen LogP contribution < -0.4 is 10.6 Å². The number of anilines is 1. The molecule has 0 bridgehead atoms. The number of benzene rings is 2. The van der Waals surface area contributed by atoms with Gasteiger partial charge < -0.3 is 15.4 Å². The molecule has 110 valence electrons. The van der Waals surface area contributed by atoms with Gasteiger partial charge in [0.1, 0.15) is 4.99 Å². The molecular formula is C17H20N2OS. The molecule has 3 nitrogen and oxygen atoms in total. The lowest BCUT2D eigenvalue weighted by Gasteiger charge is -2.37. The Labute approximate surface area is 130 Å². The third-order valence-electron chi connectivity index (χ3n) is 4.17. The third-order valence-corrected chi connectivity index (χ3v) is 4.39. The van der Waals surface area contributed by atoms with Crippen molar-refractivity contribution in [2.75, 3.05) is 24.7 Å². The zero-order valence-electron chi connectivity index (χ0n) is 12.2. The molecule has 0 aromatic heterocycles. The molecule has 0 amide bonds. The minimum Gasteiger partial charge on any atom is -0.389 e. The second kappa shape index (κ2) is 6.00. The zero-order chi connectivity index (χ0) is 14.8. The Morgan fingerprint density at radius 3 is 2.76 bits per heavy atom. The molecule has 4 heteroatoms. The van der Waals surface area contributed by atoms with Crippen LogP contribution in [-0.2, 0) is 4.74 Å². The fraction of sp³-hybridized carbons (Fsp3) is 0.353. The van der Waals surface area contributed by atoms with E-state index < -0.39 is 0 Å². The maximum Gasteiger partial charge on any atom is 0.104 e. The van der Waals surface area contributed by atoms with Gasteiger partial charge in [0.05, 0.1) is 19.3 Å². The molecule has 0 radical (unpaired) electrons. The first-order valence-corrected chi connectivity index (χ1v) is 7.79. The van der Waals surface area contributed by atoms with Crippen molar-refractivity contribution in [3.63, 3.8) is 0 Å². The van der Waals surface area contributed by atoms with Gasteiger partial charge in [0, 0.05) is 23.2 Å². The molecule has 1 fully saturated rings. The van der Waals surface area contributed by atoms with E-state index in [0.717, 1.165) is 37.1 Å². The molecular weight excluding hydrogens is 280 g/mol. The normalized spacial score (nSPS) is 18.9. The second-order valence-electron chi connectivity index (χ2n) is 5.37. The molecule has 2 aromatic carbocycles. The van der Waals surface area contributed by atoms with Crippen LogP contribution in [0.2, 0.25) is 0 Å². The topological polar surface area (TPSA) is 38.5 Å². The number of fused-ring (bicyclic) bond motifs is 1. The average molecular weight is 300 g/mol. The lowest BCUT2D eigenvalue weighted by atomic mass is 10.0. The van der Waals surface area contributed by atoms with E-state index in [2.05, 4.69) is 36.1 Å². The molecule has 1 unspecified atom stereocenters.